The third-order valence-electron chi connectivity index (χ3n) is 5.49. The van der Waals surface area contributed by atoms with E-state index in [0.717, 1.165) is 38.9 Å². The number of likely N-dealkylation sites (tertiary alicyclic amines) is 2. The predicted octanol–water partition coefficient (Wildman–Crippen LogP) is 2.90. The van der Waals surface area contributed by atoms with Gasteiger partial charge in [0.2, 0.25) is 0 Å². The van der Waals surface area contributed by atoms with Crippen molar-refractivity contribution in [2.75, 3.05) is 32.7 Å². The lowest BCUT2D eigenvalue weighted by Gasteiger charge is -2.39. The van der Waals surface area contributed by atoms with E-state index in [9.17, 15) is 18.3 Å². The molecule has 1 N–H and O–H groups in total. The summed E-state index contributed by atoms with van der Waals surface area (Å²) >= 11 is 0. The van der Waals surface area contributed by atoms with Crippen LogP contribution in [0.2, 0.25) is 0 Å². The molecule has 2 heterocycles. The van der Waals surface area contributed by atoms with Gasteiger partial charge < -0.3 is 5.11 Å². The molecule has 2 saturated heterocycles. The van der Waals surface area contributed by atoms with Crippen molar-refractivity contribution in [1.82, 2.24) is 9.80 Å². The zero-order valence-electron chi connectivity index (χ0n) is 13.8. The summed E-state index contributed by atoms with van der Waals surface area (Å²) < 4.78 is 37.5. The lowest BCUT2D eigenvalue weighted by atomic mass is 9.77. The Balaban J connectivity index is 1.48. The maximum absolute atomic E-state index is 12.5. The molecule has 0 aliphatic carbocycles. The first-order valence-corrected chi connectivity index (χ1v) is 8.60. The van der Waals surface area contributed by atoms with Gasteiger partial charge in [0, 0.05) is 19.6 Å². The minimum Gasteiger partial charge on any atom is -0.382 e. The molecule has 0 aromatic heterocycles. The van der Waals surface area contributed by atoms with Crippen molar-refractivity contribution in [3.8, 4) is 0 Å². The standard InChI is InChI=1S/C18H25F3N2O/c19-18(20,21)16(24)13-23-11-8-17(14-23)6-9-22(10-7-17)12-15-4-2-1-3-5-15/h1-5,16,24H,6-14H2. The lowest BCUT2D eigenvalue weighted by Crippen LogP contribution is -2.43. The number of alkyl halides is 3. The molecule has 0 bridgehead atoms. The normalized spacial score (nSPS) is 23.7. The van der Waals surface area contributed by atoms with Crippen LogP contribution in [-0.2, 0) is 6.54 Å². The molecule has 1 aromatic rings. The van der Waals surface area contributed by atoms with Gasteiger partial charge in [-0.15, -0.1) is 0 Å². The van der Waals surface area contributed by atoms with Crippen molar-refractivity contribution in [3.63, 3.8) is 0 Å². The van der Waals surface area contributed by atoms with Crippen LogP contribution in [0, 0.1) is 5.41 Å². The molecule has 134 valence electrons. The number of nitrogens with zero attached hydrogens (tertiary/aromatic N) is 2. The highest BCUT2D eigenvalue weighted by atomic mass is 19.4. The highest BCUT2D eigenvalue weighted by molar-refractivity contribution is 5.14. The molecule has 2 fully saturated rings. The number of aliphatic hydroxyl groups excluding tert-OH is 1. The Kier molecular flexibility index (Phi) is 5.18. The zero-order chi connectivity index (χ0) is 17.2. The molecule has 2 aliphatic heterocycles. The van der Waals surface area contributed by atoms with Crippen LogP contribution in [0.3, 0.4) is 0 Å². The van der Waals surface area contributed by atoms with Gasteiger partial charge in [-0.05, 0) is 49.9 Å². The summed E-state index contributed by atoms with van der Waals surface area (Å²) in [6.45, 7) is 3.96. The van der Waals surface area contributed by atoms with Crippen molar-refractivity contribution >= 4 is 0 Å². The lowest BCUT2D eigenvalue weighted by molar-refractivity contribution is -0.207. The van der Waals surface area contributed by atoms with E-state index in [1.165, 1.54) is 5.56 Å². The van der Waals surface area contributed by atoms with E-state index in [1.54, 1.807) is 4.90 Å². The van der Waals surface area contributed by atoms with Gasteiger partial charge in [-0.3, -0.25) is 9.80 Å². The Hall–Kier alpha value is -1.11. The van der Waals surface area contributed by atoms with Gasteiger partial charge in [0.1, 0.15) is 0 Å². The minimum absolute atomic E-state index is 0.137. The number of piperidine rings is 1. The van der Waals surface area contributed by atoms with Crippen LogP contribution in [-0.4, -0.2) is 59.9 Å². The van der Waals surface area contributed by atoms with Crippen molar-refractivity contribution in [1.29, 1.82) is 0 Å². The van der Waals surface area contributed by atoms with E-state index >= 15 is 0 Å². The molecule has 2 aliphatic rings. The van der Waals surface area contributed by atoms with E-state index < -0.39 is 12.3 Å². The second-order valence-corrected chi connectivity index (χ2v) is 7.30. The first kappa shape index (κ1) is 17.7. The van der Waals surface area contributed by atoms with Gasteiger partial charge >= 0.3 is 6.18 Å². The van der Waals surface area contributed by atoms with Gasteiger partial charge in [0.15, 0.2) is 6.10 Å². The average Bonchev–Trinajstić information content (AvgIpc) is 2.93. The van der Waals surface area contributed by atoms with Gasteiger partial charge in [0.05, 0.1) is 0 Å². The third kappa shape index (κ3) is 4.29. The molecular formula is C18H25F3N2O. The number of aliphatic hydroxyl groups is 1. The van der Waals surface area contributed by atoms with Crippen LogP contribution in [0.4, 0.5) is 13.2 Å². The number of hydrogen-bond acceptors (Lipinski definition) is 3. The van der Waals surface area contributed by atoms with Crippen LogP contribution in [0.15, 0.2) is 30.3 Å². The maximum Gasteiger partial charge on any atom is 0.415 e. The van der Waals surface area contributed by atoms with Crippen LogP contribution in [0.1, 0.15) is 24.8 Å². The molecule has 0 saturated carbocycles. The fourth-order valence-electron chi connectivity index (χ4n) is 3.97. The molecular weight excluding hydrogens is 317 g/mol. The van der Waals surface area contributed by atoms with Crippen LogP contribution < -0.4 is 0 Å². The van der Waals surface area contributed by atoms with Crippen LogP contribution in [0.5, 0.6) is 0 Å². The fraction of sp³-hybridized carbons (Fsp3) is 0.667. The smallest absolute Gasteiger partial charge is 0.382 e. The topological polar surface area (TPSA) is 26.7 Å². The Labute approximate surface area is 141 Å². The second-order valence-electron chi connectivity index (χ2n) is 7.30. The monoisotopic (exact) mass is 342 g/mol. The molecule has 0 radical (unpaired) electrons. The largest absolute Gasteiger partial charge is 0.415 e. The van der Waals surface area contributed by atoms with E-state index in [1.807, 2.05) is 18.2 Å². The molecule has 24 heavy (non-hydrogen) atoms. The van der Waals surface area contributed by atoms with E-state index in [2.05, 4.69) is 17.0 Å². The predicted molar refractivity (Wildman–Crippen MR) is 86.5 cm³/mol. The Morgan fingerprint density at radius 3 is 2.17 bits per heavy atom. The number of halogens is 3. The summed E-state index contributed by atoms with van der Waals surface area (Å²) in [5, 5.41) is 9.26. The first-order valence-electron chi connectivity index (χ1n) is 8.60. The highest BCUT2D eigenvalue weighted by Gasteiger charge is 2.44. The Morgan fingerprint density at radius 2 is 1.58 bits per heavy atom. The first-order chi connectivity index (χ1) is 11.4. The zero-order valence-corrected chi connectivity index (χ0v) is 13.8. The maximum atomic E-state index is 12.5. The summed E-state index contributed by atoms with van der Waals surface area (Å²) in [5.74, 6) is 0. The number of benzene rings is 1. The highest BCUT2D eigenvalue weighted by Crippen LogP contribution is 2.41. The Bertz CT molecular complexity index is 527. The molecule has 1 spiro atoms. The summed E-state index contributed by atoms with van der Waals surface area (Å²) in [4.78, 5) is 4.21. The molecule has 3 rings (SSSR count). The molecule has 3 nitrogen and oxygen atoms in total. The molecule has 6 heteroatoms. The third-order valence-corrected chi connectivity index (χ3v) is 5.49. The molecule has 0 amide bonds. The van der Waals surface area contributed by atoms with E-state index in [4.69, 9.17) is 0 Å². The van der Waals surface area contributed by atoms with Crippen LogP contribution >= 0.6 is 0 Å². The second kappa shape index (κ2) is 7.02. The van der Waals surface area contributed by atoms with Gasteiger partial charge in [0.25, 0.3) is 0 Å². The van der Waals surface area contributed by atoms with E-state index in [-0.39, 0.29) is 12.0 Å². The number of β-amino-alcohol motifs (C(OH)–C–C–N with tert-alkyl or cyclic N) is 1. The minimum atomic E-state index is -4.52. The number of hydrogen-bond donors (Lipinski definition) is 1. The number of rotatable bonds is 4. The molecule has 1 unspecified atom stereocenters. The van der Waals surface area contributed by atoms with Gasteiger partial charge in [-0.2, -0.15) is 13.2 Å². The molecule has 1 aromatic carbocycles. The summed E-state index contributed by atoms with van der Waals surface area (Å²) in [5.41, 5.74) is 1.44. The van der Waals surface area contributed by atoms with Crippen LogP contribution in [0.25, 0.3) is 0 Å². The van der Waals surface area contributed by atoms with Gasteiger partial charge in [-0.1, -0.05) is 30.3 Å². The van der Waals surface area contributed by atoms with Crippen molar-refractivity contribution in [2.45, 2.75) is 38.1 Å². The van der Waals surface area contributed by atoms with E-state index in [0.29, 0.717) is 13.1 Å². The fourth-order valence-corrected chi connectivity index (χ4v) is 3.97. The molecule has 1 atom stereocenters. The SMILES string of the molecule is OC(CN1CCC2(CCN(Cc3ccccc3)CC2)C1)C(F)(F)F. The average molecular weight is 342 g/mol. The quantitative estimate of drug-likeness (QED) is 0.911. The summed E-state index contributed by atoms with van der Waals surface area (Å²) in [6.07, 6.45) is -3.76. The summed E-state index contributed by atoms with van der Waals surface area (Å²) in [7, 11) is 0. The summed E-state index contributed by atoms with van der Waals surface area (Å²) in [6, 6.07) is 10.3. The van der Waals surface area contributed by atoms with Gasteiger partial charge in [-0.25, -0.2) is 0 Å². The van der Waals surface area contributed by atoms with Crippen molar-refractivity contribution in [2.24, 2.45) is 5.41 Å². The van der Waals surface area contributed by atoms with Crippen molar-refractivity contribution in [3.05, 3.63) is 35.9 Å². The Morgan fingerprint density at radius 1 is 1.00 bits per heavy atom. The van der Waals surface area contributed by atoms with Crippen molar-refractivity contribution < 1.29 is 18.3 Å².